The van der Waals surface area contributed by atoms with Gasteiger partial charge in [0.2, 0.25) is 0 Å². The highest BCUT2D eigenvalue weighted by molar-refractivity contribution is 5.86. The molecule has 0 saturated carbocycles. The number of ether oxygens (including phenoxy) is 1. The molecular weight excluding hydrogens is 196 g/mol. The zero-order valence-corrected chi connectivity index (χ0v) is 8.15. The van der Waals surface area contributed by atoms with Crippen LogP contribution < -0.4 is 5.32 Å². The number of amides is 1. The SMILES string of the molecule is CCOC(=O)Nc1cc(O)ccc1C#N. The molecule has 0 fully saturated rings. The van der Waals surface area contributed by atoms with Gasteiger partial charge in [0.15, 0.2) is 0 Å². The summed E-state index contributed by atoms with van der Waals surface area (Å²) in [7, 11) is 0. The minimum absolute atomic E-state index is 0.0270. The molecule has 0 unspecified atom stereocenters. The number of aromatic hydroxyl groups is 1. The van der Waals surface area contributed by atoms with E-state index in [4.69, 9.17) is 5.26 Å². The van der Waals surface area contributed by atoms with Gasteiger partial charge < -0.3 is 9.84 Å². The van der Waals surface area contributed by atoms with Crippen molar-refractivity contribution in [1.29, 1.82) is 5.26 Å². The lowest BCUT2D eigenvalue weighted by molar-refractivity contribution is 0.168. The van der Waals surface area contributed by atoms with E-state index in [1.807, 2.05) is 6.07 Å². The zero-order valence-electron chi connectivity index (χ0n) is 8.15. The summed E-state index contributed by atoms with van der Waals surface area (Å²) in [4.78, 5) is 11.1. The molecule has 1 aromatic carbocycles. The van der Waals surface area contributed by atoms with Gasteiger partial charge in [0.1, 0.15) is 11.8 Å². The number of nitrogens with one attached hydrogen (secondary N) is 1. The molecule has 0 radical (unpaired) electrons. The first-order valence-corrected chi connectivity index (χ1v) is 4.34. The second kappa shape index (κ2) is 4.86. The predicted molar refractivity (Wildman–Crippen MR) is 53.5 cm³/mol. The van der Waals surface area contributed by atoms with Crippen molar-refractivity contribution in [3.63, 3.8) is 0 Å². The number of nitrogens with zero attached hydrogens (tertiary/aromatic N) is 1. The van der Waals surface area contributed by atoms with Crippen LogP contribution in [0.4, 0.5) is 10.5 Å². The summed E-state index contributed by atoms with van der Waals surface area (Å²) >= 11 is 0. The smallest absolute Gasteiger partial charge is 0.411 e. The minimum Gasteiger partial charge on any atom is -0.508 e. The second-order valence-electron chi connectivity index (χ2n) is 2.69. The number of benzene rings is 1. The van der Waals surface area contributed by atoms with Crippen LogP contribution in [0, 0.1) is 11.3 Å². The van der Waals surface area contributed by atoms with Crippen LogP contribution in [0.3, 0.4) is 0 Å². The molecule has 0 aliphatic rings. The van der Waals surface area contributed by atoms with Gasteiger partial charge >= 0.3 is 6.09 Å². The highest BCUT2D eigenvalue weighted by Crippen LogP contribution is 2.20. The van der Waals surface area contributed by atoms with E-state index in [9.17, 15) is 9.90 Å². The van der Waals surface area contributed by atoms with Gasteiger partial charge in [0, 0.05) is 6.07 Å². The van der Waals surface area contributed by atoms with Crippen molar-refractivity contribution in [1.82, 2.24) is 0 Å². The van der Waals surface area contributed by atoms with Crippen molar-refractivity contribution in [3.05, 3.63) is 23.8 Å². The van der Waals surface area contributed by atoms with Gasteiger partial charge in [0.05, 0.1) is 17.9 Å². The highest BCUT2D eigenvalue weighted by atomic mass is 16.5. The van der Waals surface area contributed by atoms with Gasteiger partial charge in [0.25, 0.3) is 0 Å². The van der Waals surface area contributed by atoms with Gasteiger partial charge in [-0.2, -0.15) is 5.26 Å². The van der Waals surface area contributed by atoms with Crippen LogP contribution in [0.15, 0.2) is 18.2 Å². The fourth-order valence-corrected chi connectivity index (χ4v) is 1.01. The Morgan fingerprint density at radius 1 is 1.67 bits per heavy atom. The van der Waals surface area contributed by atoms with Gasteiger partial charge in [-0.3, -0.25) is 5.32 Å². The molecule has 0 heterocycles. The topological polar surface area (TPSA) is 82.3 Å². The van der Waals surface area contributed by atoms with E-state index in [1.54, 1.807) is 6.92 Å². The Morgan fingerprint density at radius 2 is 2.40 bits per heavy atom. The maximum atomic E-state index is 11.1. The van der Waals surface area contributed by atoms with Crippen LogP contribution in [-0.4, -0.2) is 17.8 Å². The number of hydrogen-bond acceptors (Lipinski definition) is 4. The van der Waals surface area contributed by atoms with Crippen LogP contribution >= 0.6 is 0 Å². The maximum Gasteiger partial charge on any atom is 0.411 e. The standard InChI is InChI=1S/C10H10N2O3/c1-2-15-10(14)12-9-5-8(13)4-3-7(9)6-11/h3-5,13H,2H2,1H3,(H,12,14). The number of nitriles is 1. The van der Waals surface area contributed by atoms with Crippen LogP contribution in [0.5, 0.6) is 5.75 Å². The molecule has 15 heavy (non-hydrogen) atoms. The summed E-state index contributed by atoms with van der Waals surface area (Å²) in [6.07, 6.45) is -0.653. The second-order valence-corrected chi connectivity index (χ2v) is 2.69. The number of rotatable bonds is 2. The molecule has 0 saturated heterocycles. The van der Waals surface area contributed by atoms with Crippen molar-refractivity contribution >= 4 is 11.8 Å². The van der Waals surface area contributed by atoms with Crippen molar-refractivity contribution in [2.45, 2.75) is 6.92 Å². The summed E-state index contributed by atoms with van der Waals surface area (Å²) in [5.41, 5.74) is 0.497. The van der Waals surface area contributed by atoms with Crippen molar-refractivity contribution in [3.8, 4) is 11.8 Å². The van der Waals surface area contributed by atoms with E-state index in [-0.39, 0.29) is 23.6 Å². The Bertz CT molecular complexity index is 410. The van der Waals surface area contributed by atoms with Gasteiger partial charge in [-0.15, -0.1) is 0 Å². The third-order valence-corrected chi connectivity index (χ3v) is 1.64. The number of anilines is 1. The quantitative estimate of drug-likeness (QED) is 0.773. The summed E-state index contributed by atoms with van der Waals surface area (Å²) in [6.45, 7) is 1.92. The van der Waals surface area contributed by atoms with E-state index >= 15 is 0 Å². The lowest BCUT2D eigenvalue weighted by Crippen LogP contribution is -2.14. The largest absolute Gasteiger partial charge is 0.508 e. The summed E-state index contributed by atoms with van der Waals surface area (Å²) in [5, 5.41) is 20.3. The number of hydrogen-bond donors (Lipinski definition) is 2. The Labute approximate surface area is 86.9 Å². The van der Waals surface area contributed by atoms with Crippen molar-refractivity contribution in [2.24, 2.45) is 0 Å². The average Bonchev–Trinajstić information content (AvgIpc) is 2.18. The van der Waals surface area contributed by atoms with E-state index in [0.29, 0.717) is 0 Å². The summed E-state index contributed by atoms with van der Waals surface area (Å²) < 4.78 is 4.64. The highest BCUT2D eigenvalue weighted by Gasteiger charge is 2.07. The monoisotopic (exact) mass is 206 g/mol. The average molecular weight is 206 g/mol. The minimum atomic E-state index is -0.653. The normalized spacial score (nSPS) is 9.07. The molecule has 1 amide bonds. The molecule has 5 heteroatoms. The molecule has 5 nitrogen and oxygen atoms in total. The first-order chi connectivity index (χ1) is 7.17. The lowest BCUT2D eigenvalue weighted by atomic mass is 10.2. The molecule has 0 spiro atoms. The van der Waals surface area contributed by atoms with Gasteiger partial charge in [-0.25, -0.2) is 4.79 Å². The maximum absolute atomic E-state index is 11.1. The lowest BCUT2D eigenvalue weighted by Gasteiger charge is -2.06. The molecule has 0 atom stereocenters. The Balaban J connectivity index is 2.88. The number of carbonyl (C=O) groups is 1. The number of carbonyl (C=O) groups excluding carboxylic acids is 1. The summed E-state index contributed by atoms with van der Waals surface area (Å²) in [5.74, 6) is -0.0270. The zero-order chi connectivity index (χ0) is 11.3. The van der Waals surface area contributed by atoms with E-state index in [0.717, 1.165) is 0 Å². The van der Waals surface area contributed by atoms with Crippen LogP contribution in [0.1, 0.15) is 12.5 Å². The fourth-order valence-electron chi connectivity index (χ4n) is 1.01. The first-order valence-electron chi connectivity index (χ1n) is 4.34. The first kappa shape index (κ1) is 10.9. The van der Waals surface area contributed by atoms with E-state index in [2.05, 4.69) is 10.1 Å². The van der Waals surface area contributed by atoms with Gasteiger partial charge in [-0.05, 0) is 19.1 Å². The third kappa shape index (κ3) is 2.88. The number of phenols is 1. The predicted octanol–water partition coefficient (Wildman–Crippen LogP) is 1.83. The van der Waals surface area contributed by atoms with Gasteiger partial charge in [-0.1, -0.05) is 0 Å². The number of phenolic OH excluding ortho intramolecular Hbond substituents is 1. The summed E-state index contributed by atoms with van der Waals surface area (Å²) in [6, 6.07) is 5.96. The molecule has 1 rings (SSSR count). The Morgan fingerprint density at radius 3 is 3.00 bits per heavy atom. The fraction of sp³-hybridized carbons (Fsp3) is 0.200. The van der Waals surface area contributed by atoms with Crippen LogP contribution in [-0.2, 0) is 4.74 Å². The third-order valence-electron chi connectivity index (χ3n) is 1.64. The molecule has 0 aromatic heterocycles. The molecule has 0 bridgehead atoms. The van der Waals surface area contributed by atoms with Crippen molar-refractivity contribution < 1.29 is 14.6 Å². The Hall–Kier alpha value is -2.22. The van der Waals surface area contributed by atoms with E-state index < -0.39 is 6.09 Å². The van der Waals surface area contributed by atoms with Crippen LogP contribution in [0.2, 0.25) is 0 Å². The van der Waals surface area contributed by atoms with Crippen LogP contribution in [0.25, 0.3) is 0 Å². The van der Waals surface area contributed by atoms with E-state index in [1.165, 1.54) is 18.2 Å². The molecule has 0 aliphatic heterocycles. The molecule has 0 aliphatic carbocycles. The Kier molecular flexibility index (Phi) is 3.52. The molecule has 78 valence electrons. The van der Waals surface area contributed by atoms with Crippen molar-refractivity contribution in [2.75, 3.05) is 11.9 Å². The molecule has 1 aromatic rings. The molecular formula is C10H10N2O3. The molecule has 2 N–H and O–H groups in total.